The van der Waals surface area contributed by atoms with Gasteiger partial charge in [-0.15, -0.1) is 0 Å². The van der Waals surface area contributed by atoms with E-state index in [9.17, 15) is 9.59 Å². The van der Waals surface area contributed by atoms with E-state index in [2.05, 4.69) is 17.4 Å². The van der Waals surface area contributed by atoms with E-state index in [0.29, 0.717) is 61.0 Å². The van der Waals surface area contributed by atoms with Crippen molar-refractivity contribution in [3.8, 4) is 11.5 Å². The molecule has 0 amide bonds. The van der Waals surface area contributed by atoms with Gasteiger partial charge in [0.25, 0.3) is 0 Å². The summed E-state index contributed by atoms with van der Waals surface area (Å²) in [5.41, 5.74) is 5.45. The van der Waals surface area contributed by atoms with Gasteiger partial charge in [0.05, 0.1) is 19.3 Å². The predicted molar refractivity (Wildman–Crippen MR) is 160 cm³/mol. The smallest absolute Gasteiger partial charge is 0.336 e. The Kier molecular flexibility index (Phi) is 9.39. The topological polar surface area (TPSA) is 83.1 Å². The molecule has 0 saturated heterocycles. The SMILES string of the molecule is CCOCCOC(=O)C1=C(C)NC2=C(C(=O)C[C@H](c3ccccc3)C2)[C@@H]1c1ccc(OCc2ccccc2)c(OC)c1. The molecule has 0 spiro atoms. The highest BCUT2D eigenvalue weighted by Gasteiger charge is 2.41. The van der Waals surface area contributed by atoms with Gasteiger partial charge in [0.1, 0.15) is 13.2 Å². The van der Waals surface area contributed by atoms with E-state index in [0.717, 1.165) is 22.4 Å². The molecule has 0 bridgehead atoms. The highest BCUT2D eigenvalue weighted by Crippen LogP contribution is 2.47. The fourth-order valence-electron chi connectivity index (χ4n) is 5.74. The third-order valence-electron chi connectivity index (χ3n) is 7.74. The molecular formula is C35H37NO6. The molecule has 2 aliphatic rings. The molecule has 3 aromatic rings. The number of ether oxygens (including phenoxy) is 4. The Morgan fingerprint density at radius 2 is 1.64 bits per heavy atom. The van der Waals surface area contributed by atoms with Gasteiger partial charge in [0.15, 0.2) is 17.3 Å². The highest BCUT2D eigenvalue weighted by molar-refractivity contribution is 6.04. The van der Waals surface area contributed by atoms with Crippen LogP contribution in [0.4, 0.5) is 0 Å². The van der Waals surface area contributed by atoms with Gasteiger partial charge in [0.2, 0.25) is 0 Å². The second-order valence-corrected chi connectivity index (χ2v) is 10.4. The molecule has 42 heavy (non-hydrogen) atoms. The molecule has 2 atom stereocenters. The number of Topliss-reactive ketones (excluding diaryl/α,β-unsaturated/α-hetero) is 1. The van der Waals surface area contributed by atoms with E-state index in [1.807, 2.05) is 80.6 Å². The first kappa shape index (κ1) is 29.1. The molecule has 1 aliphatic heterocycles. The molecule has 218 valence electrons. The number of methoxy groups -OCH3 is 1. The van der Waals surface area contributed by atoms with Crippen molar-refractivity contribution in [3.63, 3.8) is 0 Å². The summed E-state index contributed by atoms with van der Waals surface area (Å²) < 4.78 is 22.8. The van der Waals surface area contributed by atoms with Crippen LogP contribution in [0.2, 0.25) is 0 Å². The summed E-state index contributed by atoms with van der Waals surface area (Å²) in [5.74, 6) is 0.0874. The van der Waals surface area contributed by atoms with Gasteiger partial charge in [-0.05, 0) is 55.0 Å². The molecule has 1 aliphatic carbocycles. The van der Waals surface area contributed by atoms with E-state index in [1.165, 1.54) is 0 Å². The van der Waals surface area contributed by atoms with E-state index < -0.39 is 11.9 Å². The van der Waals surface area contributed by atoms with E-state index >= 15 is 0 Å². The van der Waals surface area contributed by atoms with Crippen molar-refractivity contribution in [1.29, 1.82) is 0 Å². The summed E-state index contributed by atoms with van der Waals surface area (Å²) in [4.78, 5) is 27.4. The normalized spacial score (nSPS) is 18.3. The van der Waals surface area contributed by atoms with Crippen molar-refractivity contribution in [2.45, 2.75) is 45.1 Å². The minimum absolute atomic E-state index is 0.0121. The maximum Gasteiger partial charge on any atom is 0.336 e. The van der Waals surface area contributed by atoms with Gasteiger partial charge in [-0.2, -0.15) is 0 Å². The molecule has 3 aromatic carbocycles. The number of carbonyl (C=O) groups is 2. The highest BCUT2D eigenvalue weighted by atomic mass is 16.6. The first-order chi connectivity index (χ1) is 20.5. The number of carbonyl (C=O) groups excluding carboxylic acids is 2. The van der Waals surface area contributed by atoms with Gasteiger partial charge in [-0.3, -0.25) is 4.79 Å². The number of nitrogens with one attached hydrogen (secondary N) is 1. The Hall–Kier alpha value is -4.36. The fraction of sp³-hybridized carbons (Fsp3) is 0.314. The zero-order valence-corrected chi connectivity index (χ0v) is 24.4. The van der Waals surface area contributed by atoms with Gasteiger partial charge in [0, 0.05) is 35.9 Å². The van der Waals surface area contributed by atoms with Crippen molar-refractivity contribution in [1.82, 2.24) is 5.32 Å². The number of hydrogen-bond acceptors (Lipinski definition) is 7. The predicted octanol–water partition coefficient (Wildman–Crippen LogP) is 6.22. The molecule has 0 fully saturated rings. The summed E-state index contributed by atoms with van der Waals surface area (Å²) in [6.45, 7) is 5.11. The third kappa shape index (κ3) is 6.42. The molecule has 0 aromatic heterocycles. The van der Waals surface area contributed by atoms with E-state index in [-0.39, 0.29) is 18.3 Å². The van der Waals surface area contributed by atoms with E-state index in [4.69, 9.17) is 18.9 Å². The first-order valence-electron chi connectivity index (χ1n) is 14.4. The second kappa shape index (κ2) is 13.5. The molecule has 7 heteroatoms. The zero-order valence-electron chi connectivity index (χ0n) is 24.4. The van der Waals surface area contributed by atoms with Crippen LogP contribution < -0.4 is 14.8 Å². The Morgan fingerprint density at radius 3 is 2.36 bits per heavy atom. The molecule has 5 rings (SSSR count). The number of dihydropyridines is 1. The summed E-state index contributed by atoms with van der Waals surface area (Å²) in [6, 6.07) is 25.6. The minimum Gasteiger partial charge on any atom is -0.493 e. The van der Waals surface area contributed by atoms with Crippen LogP contribution in [0.25, 0.3) is 0 Å². The van der Waals surface area contributed by atoms with Crippen molar-refractivity contribution in [2.24, 2.45) is 0 Å². The van der Waals surface area contributed by atoms with E-state index in [1.54, 1.807) is 7.11 Å². The first-order valence-corrected chi connectivity index (χ1v) is 14.4. The summed E-state index contributed by atoms with van der Waals surface area (Å²) in [7, 11) is 1.59. The summed E-state index contributed by atoms with van der Waals surface area (Å²) in [5, 5.41) is 3.41. The number of esters is 1. The van der Waals surface area contributed by atoms with Crippen LogP contribution in [0.3, 0.4) is 0 Å². The van der Waals surface area contributed by atoms with Crippen molar-refractivity contribution in [3.05, 3.63) is 118 Å². The lowest BCUT2D eigenvalue weighted by Gasteiger charge is -2.36. The van der Waals surface area contributed by atoms with Crippen LogP contribution in [0, 0.1) is 0 Å². The second-order valence-electron chi connectivity index (χ2n) is 10.4. The van der Waals surface area contributed by atoms with Crippen LogP contribution in [0.15, 0.2) is 101 Å². The van der Waals surface area contributed by atoms with Gasteiger partial charge in [-0.25, -0.2) is 4.79 Å². The molecule has 0 saturated carbocycles. The molecule has 0 radical (unpaired) electrons. The largest absolute Gasteiger partial charge is 0.493 e. The molecular weight excluding hydrogens is 530 g/mol. The average Bonchev–Trinajstić information content (AvgIpc) is 3.02. The lowest BCUT2D eigenvalue weighted by atomic mass is 9.71. The lowest BCUT2D eigenvalue weighted by molar-refractivity contribution is -0.140. The van der Waals surface area contributed by atoms with Gasteiger partial charge in [-0.1, -0.05) is 66.7 Å². The van der Waals surface area contributed by atoms with Crippen LogP contribution in [0.1, 0.15) is 55.2 Å². The number of ketones is 1. The van der Waals surface area contributed by atoms with Crippen LogP contribution in [-0.2, 0) is 25.7 Å². The van der Waals surface area contributed by atoms with Gasteiger partial charge >= 0.3 is 5.97 Å². The van der Waals surface area contributed by atoms with Crippen LogP contribution in [0.5, 0.6) is 11.5 Å². The molecule has 1 N–H and O–H groups in total. The monoisotopic (exact) mass is 567 g/mol. The molecule has 1 heterocycles. The Balaban J connectivity index is 1.50. The quantitative estimate of drug-likeness (QED) is 0.218. The van der Waals surface area contributed by atoms with Gasteiger partial charge < -0.3 is 24.3 Å². The molecule has 7 nitrogen and oxygen atoms in total. The summed E-state index contributed by atoms with van der Waals surface area (Å²) >= 11 is 0. The maximum atomic E-state index is 13.9. The number of benzene rings is 3. The van der Waals surface area contributed by atoms with Crippen LogP contribution in [-0.4, -0.2) is 38.7 Å². The summed E-state index contributed by atoms with van der Waals surface area (Å²) in [6.07, 6.45) is 1.03. The maximum absolute atomic E-state index is 13.9. The Bertz CT molecular complexity index is 1480. The van der Waals surface area contributed by atoms with Crippen molar-refractivity contribution >= 4 is 11.8 Å². The standard InChI is InChI=1S/C35H37NO6/c1-4-40-17-18-41-35(38)32-23(2)36-28-19-27(25-13-9-6-10-14-25)20-29(37)34(28)33(32)26-15-16-30(31(21-26)39-3)42-22-24-11-7-5-8-12-24/h5-16,21,27,33,36H,4,17-20,22H2,1-3H3/t27-,33-/m1/s1. The Morgan fingerprint density at radius 1 is 0.905 bits per heavy atom. The van der Waals surface area contributed by atoms with Crippen molar-refractivity contribution in [2.75, 3.05) is 26.9 Å². The molecule has 0 unspecified atom stereocenters. The fourth-order valence-corrected chi connectivity index (χ4v) is 5.74. The third-order valence-corrected chi connectivity index (χ3v) is 7.74. The zero-order chi connectivity index (χ0) is 29.5. The van der Waals surface area contributed by atoms with Crippen molar-refractivity contribution < 1.29 is 28.5 Å². The average molecular weight is 568 g/mol. The number of hydrogen-bond donors (Lipinski definition) is 1. The minimum atomic E-state index is -0.609. The van der Waals surface area contributed by atoms with Crippen LogP contribution >= 0.6 is 0 Å². The lowest BCUT2D eigenvalue weighted by Crippen LogP contribution is -2.36. The number of allylic oxidation sites excluding steroid dienone is 3. The number of rotatable bonds is 11. The Labute approximate surface area is 247 Å².